The number of rotatable bonds is 6. The maximum absolute atomic E-state index is 11.7. The van der Waals surface area contributed by atoms with Gasteiger partial charge in [0.25, 0.3) is 0 Å². The van der Waals surface area contributed by atoms with Crippen molar-refractivity contribution in [1.29, 1.82) is 0 Å². The van der Waals surface area contributed by atoms with Crippen molar-refractivity contribution in [3.63, 3.8) is 0 Å². The van der Waals surface area contributed by atoms with Crippen molar-refractivity contribution in [2.45, 2.75) is 6.92 Å². The van der Waals surface area contributed by atoms with Crippen molar-refractivity contribution in [2.75, 3.05) is 25.6 Å². The second-order valence-corrected chi connectivity index (χ2v) is 5.16. The molecule has 2 rings (SSSR count). The summed E-state index contributed by atoms with van der Waals surface area (Å²) in [5, 5.41) is 3.65. The van der Waals surface area contributed by atoms with Gasteiger partial charge in [0, 0.05) is 17.3 Å². The van der Waals surface area contributed by atoms with Crippen LogP contribution in [0.5, 0.6) is 5.75 Å². The molecule has 0 unspecified atom stereocenters. The van der Waals surface area contributed by atoms with Crippen molar-refractivity contribution >= 4 is 23.3 Å². The highest BCUT2D eigenvalue weighted by atomic mass is 35.5. The van der Waals surface area contributed by atoms with Crippen LogP contribution in [0.15, 0.2) is 42.5 Å². The zero-order valence-electron chi connectivity index (χ0n) is 12.6. The predicted molar refractivity (Wildman–Crippen MR) is 88.0 cm³/mol. The number of hydrogen-bond acceptors (Lipinski definition) is 4. The Labute approximate surface area is 135 Å². The van der Waals surface area contributed by atoms with E-state index in [0.29, 0.717) is 29.4 Å². The lowest BCUT2D eigenvalue weighted by Gasteiger charge is -2.13. The molecule has 0 fully saturated rings. The molecular formula is C17H18ClNO3. The first-order valence-electron chi connectivity index (χ1n) is 6.92. The Bertz CT molecular complexity index is 658. The summed E-state index contributed by atoms with van der Waals surface area (Å²) in [6, 6.07) is 12.9. The fraction of sp³-hybridized carbons (Fsp3) is 0.235. The average Bonchev–Trinajstić information content (AvgIpc) is 2.53. The van der Waals surface area contributed by atoms with Crippen LogP contribution in [-0.2, 0) is 4.74 Å². The number of nitrogens with one attached hydrogen (secondary N) is 1. The molecular weight excluding hydrogens is 302 g/mol. The smallest absolute Gasteiger partial charge is 0.340 e. The number of hydrogen-bond donors (Lipinski definition) is 1. The maximum Gasteiger partial charge on any atom is 0.340 e. The third kappa shape index (κ3) is 4.15. The van der Waals surface area contributed by atoms with E-state index in [4.69, 9.17) is 21.1 Å². The lowest BCUT2D eigenvalue weighted by Crippen LogP contribution is -2.14. The summed E-state index contributed by atoms with van der Waals surface area (Å²) < 4.78 is 10.5. The fourth-order valence-corrected chi connectivity index (χ4v) is 2.19. The first-order valence-corrected chi connectivity index (χ1v) is 7.30. The molecule has 0 saturated heterocycles. The van der Waals surface area contributed by atoms with Crippen LogP contribution in [0.2, 0.25) is 5.02 Å². The third-order valence-electron chi connectivity index (χ3n) is 3.16. The molecule has 0 heterocycles. The van der Waals surface area contributed by atoms with Gasteiger partial charge in [0.15, 0.2) is 0 Å². The molecule has 0 bridgehead atoms. The van der Waals surface area contributed by atoms with Crippen molar-refractivity contribution in [1.82, 2.24) is 0 Å². The number of halogens is 1. The summed E-state index contributed by atoms with van der Waals surface area (Å²) in [7, 11) is 1.34. The molecule has 0 amide bonds. The zero-order chi connectivity index (χ0) is 15.9. The Morgan fingerprint density at radius 2 is 2.00 bits per heavy atom. The zero-order valence-corrected chi connectivity index (χ0v) is 13.3. The molecule has 22 heavy (non-hydrogen) atoms. The molecule has 0 saturated carbocycles. The third-order valence-corrected chi connectivity index (χ3v) is 3.39. The number of carbonyl (C=O) groups excluding carboxylic acids is 1. The second-order valence-electron chi connectivity index (χ2n) is 4.72. The van der Waals surface area contributed by atoms with Crippen LogP contribution in [0, 0.1) is 6.92 Å². The van der Waals surface area contributed by atoms with Gasteiger partial charge >= 0.3 is 5.97 Å². The van der Waals surface area contributed by atoms with Crippen LogP contribution >= 0.6 is 11.6 Å². The van der Waals surface area contributed by atoms with Gasteiger partial charge in [-0.05, 0) is 36.8 Å². The first-order chi connectivity index (χ1) is 10.6. The van der Waals surface area contributed by atoms with Crippen LogP contribution in [0.25, 0.3) is 0 Å². The Balaban J connectivity index is 1.95. The molecule has 1 N–H and O–H groups in total. The Hall–Kier alpha value is -2.20. The van der Waals surface area contributed by atoms with Gasteiger partial charge in [0.1, 0.15) is 12.4 Å². The van der Waals surface area contributed by atoms with Crippen molar-refractivity contribution < 1.29 is 14.3 Å². The summed E-state index contributed by atoms with van der Waals surface area (Å²) in [6.07, 6.45) is 0. The van der Waals surface area contributed by atoms with Gasteiger partial charge in [-0.2, -0.15) is 0 Å². The van der Waals surface area contributed by atoms with E-state index in [2.05, 4.69) is 5.32 Å². The highest BCUT2D eigenvalue weighted by molar-refractivity contribution is 6.31. The number of methoxy groups -OCH3 is 1. The molecule has 0 aliphatic rings. The van der Waals surface area contributed by atoms with Crippen LogP contribution in [-0.4, -0.2) is 26.2 Å². The van der Waals surface area contributed by atoms with E-state index in [1.165, 1.54) is 7.11 Å². The van der Waals surface area contributed by atoms with E-state index in [0.717, 1.165) is 11.3 Å². The van der Waals surface area contributed by atoms with Gasteiger partial charge < -0.3 is 14.8 Å². The number of carbonyl (C=O) groups is 1. The summed E-state index contributed by atoms with van der Waals surface area (Å²) in [4.78, 5) is 11.7. The summed E-state index contributed by atoms with van der Waals surface area (Å²) in [6.45, 7) is 3.03. The molecule has 4 nitrogen and oxygen atoms in total. The topological polar surface area (TPSA) is 47.6 Å². The van der Waals surface area contributed by atoms with E-state index in [1.807, 2.05) is 31.2 Å². The predicted octanol–water partition coefficient (Wildman–Crippen LogP) is 3.93. The summed E-state index contributed by atoms with van der Waals surface area (Å²) in [5.74, 6) is 0.429. The van der Waals surface area contributed by atoms with Crippen LogP contribution in [0.3, 0.4) is 0 Å². The molecule has 0 radical (unpaired) electrons. The highest BCUT2D eigenvalue weighted by Crippen LogP contribution is 2.21. The fourth-order valence-electron chi connectivity index (χ4n) is 2.01. The van der Waals surface area contributed by atoms with E-state index >= 15 is 0 Å². The normalized spacial score (nSPS) is 10.1. The minimum atomic E-state index is -0.426. The number of benzene rings is 2. The van der Waals surface area contributed by atoms with E-state index in [1.54, 1.807) is 18.2 Å². The molecule has 0 aliphatic heterocycles. The minimum absolute atomic E-state index is 0.408. The van der Waals surface area contributed by atoms with Gasteiger partial charge in [-0.3, -0.25) is 0 Å². The number of para-hydroxylation sites is 1. The second kappa shape index (κ2) is 7.71. The van der Waals surface area contributed by atoms with Gasteiger partial charge in [-0.25, -0.2) is 4.79 Å². The maximum atomic E-state index is 11.7. The quantitative estimate of drug-likeness (QED) is 0.647. The minimum Gasteiger partial charge on any atom is -0.491 e. The molecule has 0 aliphatic carbocycles. The lowest BCUT2D eigenvalue weighted by molar-refractivity contribution is 0.0602. The van der Waals surface area contributed by atoms with Gasteiger partial charge in [-0.15, -0.1) is 0 Å². The molecule has 2 aromatic rings. The van der Waals surface area contributed by atoms with Crippen molar-refractivity contribution in [3.05, 3.63) is 58.6 Å². The Kier molecular flexibility index (Phi) is 5.67. The standard InChI is InChI=1S/C17H18ClNO3/c1-12-5-3-4-6-16(12)22-10-9-19-15-8-7-13(18)11-14(15)17(20)21-2/h3-8,11,19H,9-10H2,1-2H3. The number of esters is 1. The van der Waals surface area contributed by atoms with Gasteiger partial charge in [-0.1, -0.05) is 29.8 Å². The molecule has 0 spiro atoms. The van der Waals surface area contributed by atoms with Crippen LogP contribution in [0.4, 0.5) is 5.69 Å². The number of aryl methyl sites for hydroxylation is 1. The van der Waals surface area contributed by atoms with E-state index in [9.17, 15) is 4.79 Å². The Morgan fingerprint density at radius 1 is 1.23 bits per heavy atom. The molecule has 0 aromatic heterocycles. The van der Waals surface area contributed by atoms with E-state index < -0.39 is 5.97 Å². The average molecular weight is 320 g/mol. The molecule has 5 heteroatoms. The summed E-state index contributed by atoms with van der Waals surface area (Å²) in [5.41, 5.74) is 2.17. The van der Waals surface area contributed by atoms with Gasteiger partial charge in [0.05, 0.1) is 12.7 Å². The molecule has 0 atom stereocenters. The van der Waals surface area contributed by atoms with Gasteiger partial charge in [0.2, 0.25) is 0 Å². The SMILES string of the molecule is COC(=O)c1cc(Cl)ccc1NCCOc1ccccc1C. The Morgan fingerprint density at radius 3 is 2.73 bits per heavy atom. The van der Waals surface area contributed by atoms with Crippen molar-refractivity contribution in [2.24, 2.45) is 0 Å². The van der Waals surface area contributed by atoms with Crippen molar-refractivity contribution in [3.8, 4) is 5.75 Å². The van der Waals surface area contributed by atoms with Crippen LogP contribution < -0.4 is 10.1 Å². The largest absolute Gasteiger partial charge is 0.491 e. The first kappa shape index (κ1) is 16.2. The van der Waals surface area contributed by atoms with Crippen LogP contribution in [0.1, 0.15) is 15.9 Å². The van der Waals surface area contributed by atoms with E-state index in [-0.39, 0.29) is 0 Å². The number of ether oxygens (including phenoxy) is 2. The molecule has 116 valence electrons. The highest BCUT2D eigenvalue weighted by Gasteiger charge is 2.12. The summed E-state index contributed by atoms with van der Waals surface area (Å²) >= 11 is 5.92. The lowest BCUT2D eigenvalue weighted by atomic mass is 10.2. The molecule has 2 aromatic carbocycles. The number of anilines is 1. The monoisotopic (exact) mass is 319 g/mol.